The second-order valence-corrected chi connectivity index (χ2v) is 9.88. The van der Waals surface area contributed by atoms with Gasteiger partial charge in [-0.25, -0.2) is 8.42 Å². The molecule has 0 spiro atoms. The first-order valence-corrected chi connectivity index (χ1v) is 12.4. The van der Waals surface area contributed by atoms with Crippen LogP contribution in [0.3, 0.4) is 0 Å². The summed E-state index contributed by atoms with van der Waals surface area (Å²) in [5.41, 5.74) is 1.65. The van der Waals surface area contributed by atoms with Crippen molar-refractivity contribution in [3.63, 3.8) is 0 Å². The highest BCUT2D eigenvalue weighted by Gasteiger charge is 2.27. The van der Waals surface area contributed by atoms with Gasteiger partial charge in [0.25, 0.3) is 0 Å². The van der Waals surface area contributed by atoms with Crippen molar-refractivity contribution in [2.75, 3.05) is 13.2 Å². The number of carbonyl (C=O) groups is 1. The smallest absolute Gasteiger partial charge is 0.243 e. The average molecular weight is 487 g/mol. The summed E-state index contributed by atoms with van der Waals surface area (Å²) in [4.78, 5) is 12.9. The molecule has 8 heteroatoms. The van der Waals surface area contributed by atoms with E-state index in [-0.39, 0.29) is 24.0 Å². The van der Waals surface area contributed by atoms with Crippen molar-refractivity contribution in [1.82, 2.24) is 9.62 Å². The SMILES string of the molecule is CCOc1ccc(S(=O)(=O)N(CC(=O)NC(C)c2ccc(Cl)cc2)Cc2ccccc2)cc1. The molecule has 1 N–H and O–H groups in total. The first-order valence-electron chi connectivity index (χ1n) is 10.6. The van der Waals surface area contributed by atoms with Crippen LogP contribution in [0.5, 0.6) is 5.75 Å². The molecule has 6 nitrogen and oxygen atoms in total. The molecule has 0 saturated carbocycles. The summed E-state index contributed by atoms with van der Waals surface area (Å²) in [6.07, 6.45) is 0. The van der Waals surface area contributed by atoms with Crippen molar-refractivity contribution < 1.29 is 17.9 Å². The normalized spacial score (nSPS) is 12.4. The Morgan fingerprint density at radius 2 is 1.64 bits per heavy atom. The fraction of sp³-hybridized carbons (Fsp3) is 0.240. The third-order valence-electron chi connectivity index (χ3n) is 5.04. The van der Waals surface area contributed by atoms with Crippen LogP contribution >= 0.6 is 11.6 Å². The van der Waals surface area contributed by atoms with Gasteiger partial charge in [-0.15, -0.1) is 0 Å². The molecule has 0 fully saturated rings. The zero-order valence-electron chi connectivity index (χ0n) is 18.6. The van der Waals surface area contributed by atoms with E-state index in [4.69, 9.17) is 16.3 Å². The van der Waals surface area contributed by atoms with Crippen LogP contribution in [-0.2, 0) is 21.4 Å². The van der Waals surface area contributed by atoms with Crippen LogP contribution in [-0.4, -0.2) is 31.8 Å². The first kappa shape index (κ1) is 24.8. The van der Waals surface area contributed by atoms with Crippen molar-refractivity contribution in [2.24, 2.45) is 0 Å². The van der Waals surface area contributed by atoms with Gasteiger partial charge in [-0.05, 0) is 61.4 Å². The summed E-state index contributed by atoms with van der Waals surface area (Å²) in [7, 11) is -3.93. The highest BCUT2D eigenvalue weighted by molar-refractivity contribution is 7.89. The van der Waals surface area contributed by atoms with E-state index < -0.39 is 15.9 Å². The van der Waals surface area contributed by atoms with Crippen LogP contribution in [0.1, 0.15) is 31.0 Å². The van der Waals surface area contributed by atoms with Gasteiger partial charge in [0.05, 0.1) is 24.1 Å². The van der Waals surface area contributed by atoms with E-state index in [1.807, 2.05) is 56.3 Å². The molecule has 3 aromatic rings. The van der Waals surface area contributed by atoms with Gasteiger partial charge in [0.2, 0.25) is 15.9 Å². The lowest BCUT2D eigenvalue weighted by Gasteiger charge is -2.23. The highest BCUT2D eigenvalue weighted by atomic mass is 35.5. The van der Waals surface area contributed by atoms with Gasteiger partial charge in [-0.3, -0.25) is 4.79 Å². The average Bonchev–Trinajstić information content (AvgIpc) is 2.80. The monoisotopic (exact) mass is 486 g/mol. The van der Waals surface area contributed by atoms with Crippen LogP contribution in [0.25, 0.3) is 0 Å². The standard InChI is InChI=1S/C25H27ClN2O4S/c1-3-32-23-13-15-24(16-14-23)33(30,31)28(17-20-7-5-4-6-8-20)18-25(29)27-19(2)21-9-11-22(26)12-10-21/h4-16,19H,3,17-18H2,1-2H3,(H,27,29). The van der Waals surface area contributed by atoms with Crippen molar-refractivity contribution in [1.29, 1.82) is 0 Å². The van der Waals surface area contributed by atoms with Gasteiger partial charge in [-0.1, -0.05) is 54.1 Å². The quantitative estimate of drug-likeness (QED) is 0.446. The first-order chi connectivity index (χ1) is 15.8. The van der Waals surface area contributed by atoms with Gasteiger partial charge in [0, 0.05) is 11.6 Å². The number of nitrogens with zero attached hydrogens (tertiary/aromatic N) is 1. The van der Waals surface area contributed by atoms with E-state index in [0.29, 0.717) is 17.4 Å². The number of nitrogens with one attached hydrogen (secondary N) is 1. The zero-order chi connectivity index (χ0) is 23.8. The molecule has 0 aliphatic rings. The van der Waals surface area contributed by atoms with Crippen molar-refractivity contribution >= 4 is 27.5 Å². The van der Waals surface area contributed by atoms with Crippen molar-refractivity contribution in [3.05, 3.63) is 95.0 Å². The topological polar surface area (TPSA) is 75.7 Å². The molecule has 3 rings (SSSR count). The molecule has 0 aliphatic heterocycles. The summed E-state index contributed by atoms with van der Waals surface area (Å²) < 4.78 is 33.4. The number of hydrogen-bond donors (Lipinski definition) is 1. The minimum Gasteiger partial charge on any atom is -0.494 e. The van der Waals surface area contributed by atoms with Crippen LogP contribution < -0.4 is 10.1 Å². The Bertz CT molecular complexity index is 1150. The molecule has 1 atom stereocenters. The molecular weight excluding hydrogens is 460 g/mol. The number of benzene rings is 3. The maximum absolute atomic E-state index is 13.4. The van der Waals surface area contributed by atoms with Gasteiger partial charge >= 0.3 is 0 Å². The molecule has 0 bridgehead atoms. The Morgan fingerprint density at radius 3 is 2.24 bits per heavy atom. The summed E-state index contributed by atoms with van der Waals surface area (Å²) in [5.74, 6) is 0.184. The minimum absolute atomic E-state index is 0.0686. The van der Waals surface area contributed by atoms with E-state index in [9.17, 15) is 13.2 Å². The number of halogens is 1. The lowest BCUT2D eigenvalue weighted by molar-refractivity contribution is -0.122. The van der Waals surface area contributed by atoms with Crippen molar-refractivity contribution in [2.45, 2.75) is 31.3 Å². The van der Waals surface area contributed by atoms with E-state index >= 15 is 0 Å². The molecule has 0 aromatic heterocycles. The van der Waals surface area contributed by atoms with Gasteiger partial charge < -0.3 is 10.1 Å². The Balaban J connectivity index is 1.81. The van der Waals surface area contributed by atoms with E-state index in [0.717, 1.165) is 11.1 Å². The molecule has 1 amide bonds. The molecule has 0 saturated heterocycles. The molecule has 1 unspecified atom stereocenters. The molecule has 3 aromatic carbocycles. The van der Waals surface area contributed by atoms with Gasteiger partial charge in [0.1, 0.15) is 5.75 Å². The van der Waals surface area contributed by atoms with Gasteiger partial charge in [-0.2, -0.15) is 4.31 Å². The lowest BCUT2D eigenvalue weighted by Crippen LogP contribution is -2.41. The lowest BCUT2D eigenvalue weighted by atomic mass is 10.1. The predicted molar refractivity (Wildman–Crippen MR) is 130 cm³/mol. The van der Waals surface area contributed by atoms with Crippen LogP contribution in [0.4, 0.5) is 0 Å². The third-order valence-corrected chi connectivity index (χ3v) is 7.10. The number of carbonyl (C=O) groups excluding carboxylic acids is 1. The fourth-order valence-corrected chi connectivity index (χ4v) is 4.83. The minimum atomic E-state index is -3.93. The van der Waals surface area contributed by atoms with E-state index in [2.05, 4.69) is 5.32 Å². The molecule has 0 heterocycles. The Hall–Kier alpha value is -2.87. The number of hydrogen-bond acceptors (Lipinski definition) is 4. The largest absolute Gasteiger partial charge is 0.494 e. The van der Waals surface area contributed by atoms with Crippen LogP contribution in [0.15, 0.2) is 83.8 Å². The third kappa shape index (κ3) is 6.81. The summed E-state index contributed by atoms with van der Waals surface area (Å²) >= 11 is 5.94. The van der Waals surface area contributed by atoms with E-state index in [1.165, 1.54) is 16.4 Å². The second-order valence-electron chi connectivity index (χ2n) is 7.50. The maximum Gasteiger partial charge on any atom is 0.243 e. The molecule has 33 heavy (non-hydrogen) atoms. The number of amides is 1. The molecule has 174 valence electrons. The maximum atomic E-state index is 13.4. The molecule has 0 radical (unpaired) electrons. The van der Waals surface area contributed by atoms with Crippen LogP contribution in [0, 0.1) is 0 Å². The Morgan fingerprint density at radius 1 is 1.00 bits per heavy atom. The predicted octanol–water partition coefficient (Wildman–Crippen LogP) is 4.81. The number of sulfonamides is 1. The van der Waals surface area contributed by atoms with Crippen LogP contribution in [0.2, 0.25) is 5.02 Å². The zero-order valence-corrected chi connectivity index (χ0v) is 20.1. The summed E-state index contributed by atoms with van der Waals surface area (Å²) in [6.45, 7) is 3.93. The van der Waals surface area contributed by atoms with Crippen molar-refractivity contribution in [3.8, 4) is 5.75 Å². The molecular formula is C25H27ClN2O4S. The van der Waals surface area contributed by atoms with E-state index in [1.54, 1.807) is 24.3 Å². The highest BCUT2D eigenvalue weighted by Crippen LogP contribution is 2.22. The summed E-state index contributed by atoms with van der Waals surface area (Å²) in [6, 6.07) is 22.2. The number of rotatable bonds is 10. The second kappa shape index (κ2) is 11.3. The Labute approximate surface area is 200 Å². The van der Waals surface area contributed by atoms with Gasteiger partial charge in [0.15, 0.2) is 0 Å². The molecule has 0 aliphatic carbocycles. The Kier molecular flexibility index (Phi) is 8.49. The summed E-state index contributed by atoms with van der Waals surface area (Å²) in [5, 5.41) is 3.48. The fourth-order valence-electron chi connectivity index (χ4n) is 3.32. The number of ether oxygens (including phenoxy) is 1.